The minimum Gasteiger partial charge on any atom is -0.339 e. The molecule has 152 valence electrons. The zero-order chi connectivity index (χ0) is 19.6. The molecule has 0 unspecified atom stereocenters. The van der Waals surface area contributed by atoms with Crippen molar-refractivity contribution < 1.29 is 14.4 Å². The summed E-state index contributed by atoms with van der Waals surface area (Å²) in [6.07, 6.45) is 4.41. The highest BCUT2D eigenvalue weighted by molar-refractivity contribution is 6.09. The van der Waals surface area contributed by atoms with E-state index in [9.17, 15) is 14.4 Å². The molecular formula is C20H34N4O3. The van der Waals surface area contributed by atoms with E-state index in [0.717, 1.165) is 43.8 Å². The standard InChI is InChI=1S/C20H34N4O3/c1-4-16-5-7-20(8-6-16)18(26)24(19(27)21-20)14-17(25)23-11-9-22(10-12-23)13-15(2)3/h15-16H,4-14H2,1-3H3,(H,21,27). The van der Waals surface area contributed by atoms with Crippen molar-refractivity contribution in [2.45, 2.75) is 58.4 Å². The molecule has 0 aromatic carbocycles. The molecule has 1 aliphatic carbocycles. The second-order valence-corrected chi connectivity index (χ2v) is 8.83. The maximum absolute atomic E-state index is 12.9. The minimum absolute atomic E-state index is 0.123. The quantitative estimate of drug-likeness (QED) is 0.739. The second kappa shape index (κ2) is 8.17. The van der Waals surface area contributed by atoms with Crippen LogP contribution < -0.4 is 5.32 Å². The fourth-order valence-electron chi connectivity index (χ4n) is 4.67. The zero-order valence-electron chi connectivity index (χ0n) is 17.0. The average Bonchev–Trinajstić information content (AvgIpc) is 2.86. The molecule has 7 nitrogen and oxygen atoms in total. The van der Waals surface area contributed by atoms with Crippen molar-refractivity contribution in [3.8, 4) is 0 Å². The topological polar surface area (TPSA) is 73.0 Å². The molecule has 3 aliphatic rings. The minimum atomic E-state index is -0.765. The number of urea groups is 1. The Morgan fingerprint density at radius 1 is 1.15 bits per heavy atom. The van der Waals surface area contributed by atoms with Crippen LogP contribution in [0.5, 0.6) is 0 Å². The van der Waals surface area contributed by atoms with Gasteiger partial charge in [-0.15, -0.1) is 0 Å². The third-order valence-electron chi connectivity index (χ3n) is 6.42. The number of nitrogens with one attached hydrogen (secondary N) is 1. The first-order valence-electron chi connectivity index (χ1n) is 10.5. The number of piperazine rings is 1. The molecule has 1 spiro atoms. The predicted molar refractivity (Wildman–Crippen MR) is 103 cm³/mol. The van der Waals surface area contributed by atoms with E-state index in [1.807, 2.05) is 0 Å². The highest BCUT2D eigenvalue weighted by atomic mass is 16.2. The van der Waals surface area contributed by atoms with Crippen LogP contribution in [0.4, 0.5) is 4.79 Å². The number of hydrogen-bond donors (Lipinski definition) is 1. The largest absolute Gasteiger partial charge is 0.339 e. The molecule has 0 radical (unpaired) electrons. The van der Waals surface area contributed by atoms with Crippen LogP contribution in [0.1, 0.15) is 52.9 Å². The van der Waals surface area contributed by atoms with Crippen LogP contribution >= 0.6 is 0 Å². The van der Waals surface area contributed by atoms with Gasteiger partial charge in [-0.25, -0.2) is 4.79 Å². The second-order valence-electron chi connectivity index (χ2n) is 8.83. The van der Waals surface area contributed by atoms with E-state index in [0.29, 0.717) is 37.8 Å². The number of hydrogen-bond acceptors (Lipinski definition) is 4. The highest BCUT2D eigenvalue weighted by Gasteiger charge is 2.52. The van der Waals surface area contributed by atoms with Crippen LogP contribution in [-0.4, -0.2) is 77.4 Å². The van der Waals surface area contributed by atoms with Crippen LogP contribution in [0, 0.1) is 11.8 Å². The molecule has 27 heavy (non-hydrogen) atoms. The summed E-state index contributed by atoms with van der Waals surface area (Å²) in [6, 6.07) is -0.401. The number of imide groups is 1. The summed E-state index contributed by atoms with van der Waals surface area (Å²) >= 11 is 0. The van der Waals surface area contributed by atoms with E-state index >= 15 is 0 Å². The molecule has 2 heterocycles. The summed E-state index contributed by atoms with van der Waals surface area (Å²) in [5.41, 5.74) is -0.765. The Morgan fingerprint density at radius 2 is 1.78 bits per heavy atom. The summed E-state index contributed by atoms with van der Waals surface area (Å²) < 4.78 is 0. The molecule has 2 saturated heterocycles. The van der Waals surface area contributed by atoms with Crippen molar-refractivity contribution in [3.05, 3.63) is 0 Å². The Labute approximate surface area is 162 Å². The molecule has 0 atom stereocenters. The molecule has 0 aromatic rings. The fourth-order valence-corrected chi connectivity index (χ4v) is 4.67. The van der Waals surface area contributed by atoms with Crippen LogP contribution in [0.25, 0.3) is 0 Å². The van der Waals surface area contributed by atoms with Gasteiger partial charge in [0.15, 0.2) is 0 Å². The number of nitrogens with zero attached hydrogens (tertiary/aromatic N) is 3. The Morgan fingerprint density at radius 3 is 2.33 bits per heavy atom. The van der Waals surface area contributed by atoms with Crippen LogP contribution in [0.15, 0.2) is 0 Å². The summed E-state index contributed by atoms with van der Waals surface area (Å²) in [5.74, 6) is 0.922. The van der Waals surface area contributed by atoms with Gasteiger partial charge >= 0.3 is 6.03 Å². The molecular weight excluding hydrogens is 344 g/mol. The lowest BCUT2D eigenvalue weighted by Gasteiger charge is -2.36. The van der Waals surface area contributed by atoms with Gasteiger partial charge in [-0.3, -0.25) is 19.4 Å². The van der Waals surface area contributed by atoms with Crippen LogP contribution in [0.3, 0.4) is 0 Å². The lowest BCUT2D eigenvalue weighted by molar-refractivity contribution is -0.140. The van der Waals surface area contributed by atoms with Gasteiger partial charge in [-0.1, -0.05) is 27.2 Å². The first-order chi connectivity index (χ1) is 12.8. The third-order valence-corrected chi connectivity index (χ3v) is 6.42. The monoisotopic (exact) mass is 378 g/mol. The fraction of sp³-hybridized carbons (Fsp3) is 0.850. The maximum atomic E-state index is 12.9. The average molecular weight is 379 g/mol. The summed E-state index contributed by atoms with van der Waals surface area (Å²) in [4.78, 5) is 43.3. The van der Waals surface area contributed by atoms with Crippen molar-refractivity contribution in [2.75, 3.05) is 39.3 Å². The first-order valence-corrected chi connectivity index (χ1v) is 10.5. The van der Waals surface area contributed by atoms with E-state index < -0.39 is 11.6 Å². The Kier molecular flexibility index (Phi) is 6.08. The van der Waals surface area contributed by atoms with E-state index in [-0.39, 0.29) is 18.4 Å². The zero-order valence-corrected chi connectivity index (χ0v) is 17.0. The van der Waals surface area contributed by atoms with Crippen LogP contribution in [0.2, 0.25) is 0 Å². The molecule has 4 amide bonds. The number of carbonyl (C=O) groups excluding carboxylic acids is 3. The number of amides is 4. The van der Waals surface area contributed by atoms with Gasteiger partial charge in [0.1, 0.15) is 12.1 Å². The molecule has 1 N–H and O–H groups in total. The maximum Gasteiger partial charge on any atom is 0.325 e. The van der Waals surface area contributed by atoms with Gasteiger partial charge in [0.2, 0.25) is 5.91 Å². The number of rotatable bonds is 5. The van der Waals surface area contributed by atoms with Crippen molar-refractivity contribution in [1.82, 2.24) is 20.0 Å². The third kappa shape index (κ3) is 4.28. The van der Waals surface area contributed by atoms with Crippen LogP contribution in [-0.2, 0) is 9.59 Å². The van der Waals surface area contributed by atoms with E-state index in [2.05, 4.69) is 31.0 Å². The Balaban J connectivity index is 1.54. The van der Waals surface area contributed by atoms with Gasteiger partial charge < -0.3 is 10.2 Å². The highest BCUT2D eigenvalue weighted by Crippen LogP contribution is 2.37. The molecule has 0 aromatic heterocycles. The van der Waals surface area contributed by atoms with Gasteiger partial charge in [0.25, 0.3) is 5.91 Å². The van der Waals surface area contributed by atoms with Gasteiger partial charge in [-0.2, -0.15) is 0 Å². The van der Waals surface area contributed by atoms with Crippen molar-refractivity contribution in [2.24, 2.45) is 11.8 Å². The van der Waals surface area contributed by atoms with Crippen molar-refractivity contribution in [1.29, 1.82) is 0 Å². The number of carbonyl (C=O) groups is 3. The Bertz CT molecular complexity index is 576. The van der Waals surface area contributed by atoms with E-state index in [4.69, 9.17) is 0 Å². The molecule has 2 aliphatic heterocycles. The Hall–Kier alpha value is -1.63. The SMILES string of the molecule is CCC1CCC2(CC1)NC(=O)N(CC(=O)N1CCN(CC(C)C)CC1)C2=O. The summed E-state index contributed by atoms with van der Waals surface area (Å²) in [5, 5.41) is 2.91. The molecule has 0 bridgehead atoms. The van der Waals surface area contributed by atoms with E-state index in [1.165, 1.54) is 0 Å². The lowest BCUT2D eigenvalue weighted by Crippen LogP contribution is -2.53. The lowest BCUT2D eigenvalue weighted by atomic mass is 9.75. The first kappa shape index (κ1) is 20.1. The van der Waals surface area contributed by atoms with Gasteiger partial charge in [0.05, 0.1) is 0 Å². The predicted octanol–water partition coefficient (Wildman–Crippen LogP) is 1.68. The normalized spacial score (nSPS) is 29.7. The van der Waals surface area contributed by atoms with Gasteiger partial charge in [-0.05, 0) is 37.5 Å². The molecule has 1 saturated carbocycles. The van der Waals surface area contributed by atoms with Crippen molar-refractivity contribution in [3.63, 3.8) is 0 Å². The molecule has 3 fully saturated rings. The smallest absolute Gasteiger partial charge is 0.325 e. The van der Waals surface area contributed by atoms with Crippen molar-refractivity contribution >= 4 is 17.8 Å². The summed E-state index contributed by atoms with van der Waals surface area (Å²) in [7, 11) is 0. The molecule has 3 rings (SSSR count). The summed E-state index contributed by atoms with van der Waals surface area (Å²) in [6.45, 7) is 10.5. The van der Waals surface area contributed by atoms with Gasteiger partial charge in [0, 0.05) is 32.7 Å². The van der Waals surface area contributed by atoms with E-state index in [1.54, 1.807) is 4.90 Å². The molecule has 7 heteroatoms.